The number of nitrogens with one attached hydrogen (secondary N) is 1. The summed E-state index contributed by atoms with van der Waals surface area (Å²) in [5, 5.41) is 25.5. The van der Waals surface area contributed by atoms with Crippen molar-refractivity contribution in [2.45, 2.75) is 86.7 Å². The fourth-order valence-electron chi connectivity index (χ4n) is 11.2. The molecule has 6 atom stereocenters. The summed E-state index contributed by atoms with van der Waals surface area (Å²) in [4.78, 5) is 50.9. The minimum Gasteiger partial charge on any atom is -0.508 e. The van der Waals surface area contributed by atoms with Gasteiger partial charge in [-0.3, -0.25) is 19.3 Å². The van der Waals surface area contributed by atoms with Crippen molar-refractivity contribution in [3.05, 3.63) is 154 Å². The van der Waals surface area contributed by atoms with E-state index in [2.05, 4.69) is 22.1 Å². The third-order valence-corrected chi connectivity index (χ3v) is 14.2. The van der Waals surface area contributed by atoms with E-state index in [1.807, 2.05) is 91.0 Å². The van der Waals surface area contributed by atoms with Crippen LogP contribution in [0, 0.1) is 17.8 Å². The molecule has 5 aromatic rings. The van der Waals surface area contributed by atoms with Crippen molar-refractivity contribution in [1.29, 1.82) is 0 Å². The van der Waals surface area contributed by atoms with Crippen molar-refractivity contribution in [3.8, 4) is 29.1 Å². The van der Waals surface area contributed by atoms with Crippen LogP contribution in [0.25, 0.3) is 0 Å². The Morgan fingerprint density at radius 3 is 2.11 bits per heavy atom. The van der Waals surface area contributed by atoms with Crippen molar-refractivity contribution < 1.29 is 38.8 Å². The van der Waals surface area contributed by atoms with Crippen molar-refractivity contribution in [2.75, 3.05) is 26.1 Å². The van der Waals surface area contributed by atoms with Gasteiger partial charge >= 0.3 is 5.97 Å². The first-order valence-corrected chi connectivity index (χ1v) is 22.2. The maximum atomic E-state index is 16.1. The van der Waals surface area contributed by atoms with Gasteiger partial charge in [-0.05, 0) is 108 Å². The molecule has 11 nitrogen and oxygen atoms in total. The Morgan fingerprint density at radius 1 is 0.781 bits per heavy atom. The van der Waals surface area contributed by atoms with E-state index in [4.69, 9.17) is 14.2 Å². The van der Waals surface area contributed by atoms with Gasteiger partial charge in [0.05, 0.1) is 32.2 Å². The third kappa shape index (κ3) is 6.87. The van der Waals surface area contributed by atoms with Crippen molar-refractivity contribution in [2.24, 2.45) is 5.92 Å². The Labute approximate surface area is 373 Å². The van der Waals surface area contributed by atoms with E-state index < -0.39 is 53.0 Å². The second kappa shape index (κ2) is 16.5. The molecular weight excluding hydrogens is 807 g/mol. The molecule has 3 fully saturated rings. The monoisotopic (exact) mass is 857 g/mol. The van der Waals surface area contributed by atoms with Gasteiger partial charge in [0.1, 0.15) is 28.9 Å². The molecule has 10 rings (SSSR count). The first-order chi connectivity index (χ1) is 31.1. The Bertz CT molecular complexity index is 2670. The molecule has 0 unspecified atom stereocenters. The number of methoxy groups -OCH3 is 2. The summed E-state index contributed by atoms with van der Waals surface area (Å²) in [7, 11) is 3.16. The Morgan fingerprint density at radius 2 is 1.44 bits per heavy atom. The zero-order chi connectivity index (χ0) is 44.2. The number of phenolic OH excluding ortho intramolecular Hbond substituents is 1. The predicted octanol–water partition coefficient (Wildman–Crippen LogP) is 7.70. The van der Waals surface area contributed by atoms with Gasteiger partial charge in [0.2, 0.25) is 11.8 Å². The summed E-state index contributed by atoms with van der Waals surface area (Å²) in [6.07, 6.45) is 4.72. The van der Waals surface area contributed by atoms with Crippen LogP contribution in [-0.4, -0.2) is 70.2 Å². The van der Waals surface area contributed by atoms with Crippen LogP contribution in [0.5, 0.6) is 17.2 Å². The quantitative estimate of drug-likeness (QED) is 0.0892. The summed E-state index contributed by atoms with van der Waals surface area (Å²) in [6.45, 7) is 0.535. The highest BCUT2D eigenvalue weighted by molar-refractivity contribution is 6.12. The highest BCUT2D eigenvalue weighted by atomic mass is 16.6. The molecule has 3 N–H and O–H groups in total. The van der Waals surface area contributed by atoms with E-state index in [9.17, 15) is 10.2 Å². The summed E-state index contributed by atoms with van der Waals surface area (Å²) in [6, 6.07) is 32.6. The molecule has 2 amide bonds. The number of fused-ring (bicyclic) bond motifs is 4. The minimum absolute atomic E-state index is 0.0316. The molecule has 5 aliphatic rings. The number of phenols is 1. The number of carbonyl (C=O) groups is 3. The normalized spacial score (nSPS) is 25.7. The average Bonchev–Trinajstić information content (AvgIpc) is 3.69. The Kier molecular flexibility index (Phi) is 10.7. The van der Waals surface area contributed by atoms with E-state index in [1.54, 1.807) is 43.4 Å². The molecule has 1 spiro atoms. The van der Waals surface area contributed by atoms with Crippen molar-refractivity contribution >= 4 is 23.5 Å². The summed E-state index contributed by atoms with van der Waals surface area (Å²) >= 11 is 0. The molecule has 64 heavy (non-hydrogen) atoms. The third-order valence-electron chi connectivity index (χ3n) is 14.2. The molecule has 326 valence electrons. The number of aromatic hydroxyl groups is 1. The molecule has 1 aliphatic carbocycles. The number of cyclic esters (lactones) is 1. The van der Waals surface area contributed by atoms with E-state index in [0.29, 0.717) is 59.7 Å². The number of carbonyl (C=O) groups excluding carboxylic acids is 3. The van der Waals surface area contributed by atoms with Gasteiger partial charge in [-0.25, -0.2) is 0 Å². The van der Waals surface area contributed by atoms with Gasteiger partial charge in [0.25, 0.3) is 0 Å². The van der Waals surface area contributed by atoms with Crippen LogP contribution < -0.4 is 14.8 Å². The number of rotatable bonds is 6. The molecule has 0 radical (unpaired) electrons. The van der Waals surface area contributed by atoms with Gasteiger partial charge in [-0.15, -0.1) is 0 Å². The average molecular weight is 858 g/mol. The zero-order valence-corrected chi connectivity index (χ0v) is 36.0. The number of hydrogen-bond acceptors (Lipinski definition) is 9. The second-order valence-corrected chi connectivity index (χ2v) is 17.8. The molecular formula is C53H51N3O8. The van der Waals surface area contributed by atoms with Crippen LogP contribution in [0.3, 0.4) is 0 Å². The van der Waals surface area contributed by atoms with Gasteiger partial charge in [0.15, 0.2) is 11.5 Å². The van der Waals surface area contributed by atoms with Crippen LogP contribution >= 0.6 is 0 Å². The smallest absolute Gasteiger partial charge is 0.324 e. The first-order valence-electron chi connectivity index (χ1n) is 22.2. The van der Waals surface area contributed by atoms with Crippen LogP contribution in [0.1, 0.15) is 95.7 Å². The van der Waals surface area contributed by atoms with Crippen LogP contribution in [0.2, 0.25) is 0 Å². The van der Waals surface area contributed by atoms with Crippen LogP contribution in [0.4, 0.5) is 5.69 Å². The topological polar surface area (TPSA) is 138 Å². The maximum Gasteiger partial charge on any atom is 0.324 e. The number of nitrogens with zero attached hydrogens (tertiary/aromatic N) is 2. The number of aliphatic hydroxyl groups is 1. The second-order valence-electron chi connectivity index (χ2n) is 17.8. The molecule has 5 aromatic carbocycles. The number of morpholine rings is 1. The van der Waals surface area contributed by atoms with E-state index in [0.717, 1.165) is 47.9 Å². The molecule has 2 saturated heterocycles. The van der Waals surface area contributed by atoms with Crippen LogP contribution in [-0.2, 0) is 37.5 Å². The number of ether oxygens (including phenoxy) is 3. The number of hydrogen-bond donors (Lipinski definition) is 3. The van der Waals surface area contributed by atoms with E-state index in [-0.39, 0.29) is 18.2 Å². The molecule has 4 aliphatic heterocycles. The molecule has 1 saturated carbocycles. The number of benzene rings is 5. The highest BCUT2D eigenvalue weighted by Crippen LogP contribution is 2.65. The van der Waals surface area contributed by atoms with E-state index >= 15 is 14.4 Å². The predicted molar refractivity (Wildman–Crippen MR) is 239 cm³/mol. The van der Waals surface area contributed by atoms with Gasteiger partial charge < -0.3 is 34.6 Å². The summed E-state index contributed by atoms with van der Waals surface area (Å²) < 4.78 is 17.9. The number of anilines is 1. The lowest BCUT2D eigenvalue weighted by molar-refractivity contribution is -0.179. The zero-order valence-electron chi connectivity index (χ0n) is 36.0. The summed E-state index contributed by atoms with van der Waals surface area (Å²) in [5.41, 5.74) is 2.87. The SMILES string of the molecule is COc1cc2c(cc1OC)CN(C(=O)[C@H]1[C@@H]3C(=O)O[C@@H](c4ccccc4)[C@@H](c4ccccc4)N3[C@@H](c3ccc(O)cc3)[C@]13C(=O)Nc1ccc(C#CC4(O)CCCCCC4)cc13)CC2. The number of esters is 1. The van der Waals surface area contributed by atoms with Crippen molar-refractivity contribution in [3.63, 3.8) is 0 Å². The summed E-state index contributed by atoms with van der Waals surface area (Å²) in [5.74, 6) is 4.93. The molecule has 11 heteroatoms. The first kappa shape index (κ1) is 41.4. The Balaban J connectivity index is 1.21. The largest absolute Gasteiger partial charge is 0.508 e. The molecule has 4 heterocycles. The standard InChI is InChI=1S/C53H51N3O8/c1-62-42-30-37-24-28-55(32-38(37)31-43(42)63-2)49(58)44-46-50(59)64-47(35-15-9-6-10-16-35)45(34-13-7-5-8-14-34)56(46)48(36-18-20-39(57)21-19-36)53(44)40-29-33(17-22-41(40)54-51(53)60)23-27-52(61)25-11-3-4-12-26-52/h5-10,13-22,29-31,44-48,57,61H,3-4,11-12,24-26,28,32H2,1-2H3,(H,54,60)/t44-,45-,46-,47+,48+,53-/m1/s1. The lowest BCUT2D eigenvalue weighted by Crippen LogP contribution is -2.56. The van der Waals surface area contributed by atoms with Crippen LogP contribution in [0.15, 0.2) is 115 Å². The van der Waals surface area contributed by atoms with E-state index in [1.165, 1.54) is 0 Å². The molecule has 0 aromatic heterocycles. The lowest BCUT2D eigenvalue weighted by Gasteiger charge is -2.46. The van der Waals surface area contributed by atoms with Gasteiger partial charge in [0, 0.05) is 24.3 Å². The minimum atomic E-state index is -1.72. The highest BCUT2D eigenvalue weighted by Gasteiger charge is 2.74. The van der Waals surface area contributed by atoms with Gasteiger partial charge in [-0.1, -0.05) is 97.5 Å². The molecule has 0 bridgehead atoms. The maximum absolute atomic E-state index is 16.1. The fourth-order valence-corrected chi connectivity index (χ4v) is 11.2. The fraction of sp³-hybridized carbons (Fsp3) is 0.340. The van der Waals surface area contributed by atoms with Gasteiger partial charge in [-0.2, -0.15) is 0 Å². The van der Waals surface area contributed by atoms with Crippen molar-refractivity contribution in [1.82, 2.24) is 9.80 Å². The number of amides is 2. The Hall–Kier alpha value is -6.61. The lowest BCUT2D eigenvalue weighted by atomic mass is 9.65.